The lowest BCUT2D eigenvalue weighted by Gasteiger charge is -2.14. The molecule has 0 fully saturated rings. The van der Waals surface area contributed by atoms with Gasteiger partial charge < -0.3 is 21.1 Å². The molecule has 1 atom stereocenters. The lowest BCUT2D eigenvalue weighted by atomic mass is 10.1. The second-order valence-corrected chi connectivity index (χ2v) is 5.31. The van der Waals surface area contributed by atoms with E-state index in [4.69, 9.17) is 10.5 Å². The smallest absolute Gasteiger partial charge is 0.339 e. The van der Waals surface area contributed by atoms with Crippen LogP contribution in [0.5, 0.6) is 0 Å². The summed E-state index contributed by atoms with van der Waals surface area (Å²) in [5, 5.41) is 5.27. The quantitative estimate of drug-likeness (QED) is 0.721. The number of hydrogen-bond donors (Lipinski definition) is 3. The number of benzene rings is 2. The van der Waals surface area contributed by atoms with E-state index in [1.807, 2.05) is 0 Å². The molecule has 2 aromatic carbocycles. The fraction of sp³-hybridized carbons (Fsp3) is 0.167. The number of methoxy groups -OCH3 is 1. The summed E-state index contributed by atoms with van der Waals surface area (Å²) >= 11 is 0. The summed E-state index contributed by atoms with van der Waals surface area (Å²) in [7, 11) is 1.26. The zero-order valence-electron chi connectivity index (χ0n) is 13.9. The number of anilines is 2. The third kappa shape index (κ3) is 4.42. The van der Waals surface area contributed by atoms with Gasteiger partial charge in [0, 0.05) is 0 Å². The van der Waals surface area contributed by atoms with Crippen molar-refractivity contribution in [1.82, 2.24) is 0 Å². The fourth-order valence-corrected chi connectivity index (χ4v) is 2.11. The molecule has 7 heteroatoms. The van der Waals surface area contributed by atoms with E-state index < -0.39 is 23.8 Å². The highest BCUT2D eigenvalue weighted by molar-refractivity contribution is 6.12. The third-order valence-corrected chi connectivity index (χ3v) is 3.42. The Kier molecular flexibility index (Phi) is 5.86. The van der Waals surface area contributed by atoms with E-state index in [0.717, 1.165) is 0 Å². The molecule has 0 saturated heterocycles. The highest BCUT2D eigenvalue weighted by Gasteiger charge is 2.18. The minimum atomic E-state index is -0.712. The van der Waals surface area contributed by atoms with E-state index in [1.54, 1.807) is 55.5 Å². The number of rotatable bonds is 5. The largest absolute Gasteiger partial charge is 0.465 e. The average molecular weight is 341 g/mol. The van der Waals surface area contributed by atoms with E-state index in [9.17, 15) is 14.4 Å². The monoisotopic (exact) mass is 341 g/mol. The molecule has 25 heavy (non-hydrogen) atoms. The zero-order chi connectivity index (χ0) is 18.4. The second-order valence-electron chi connectivity index (χ2n) is 5.31. The standard InChI is InChI=1S/C18H19N3O4/c1-11(19)16(22)20-14-9-5-3-7-12(14)17(23)21-15-10-6-4-8-13(15)18(24)25-2/h3-11H,19H2,1-2H3,(H,20,22)(H,21,23)/t11-/m0/s1. The van der Waals surface area contributed by atoms with E-state index >= 15 is 0 Å². The molecule has 0 aromatic heterocycles. The lowest BCUT2D eigenvalue weighted by molar-refractivity contribution is -0.117. The van der Waals surface area contributed by atoms with Crippen LogP contribution in [0.4, 0.5) is 11.4 Å². The number of esters is 1. The molecule has 0 heterocycles. The normalized spacial score (nSPS) is 11.3. The van der Waals surface area contributed by atoms with Gasteiger partial charge in [0.1, 0.15) is 0 Å². The highest BCUT2D eigenvalue weighted by Crippen LogP contribution is 2.20. The van der Waals surface area contributed by atoms with Crippen molar-refractivity contribution in [3.63, 3.8) is 0 Å². The van der Waals surface area contributed by atoms with Crippen molar-refractivity contribution in [3.8, 4) is 0 Å². The first-order chi connectivity index (χ1) is 11.9. The van der Waals surface area contributed by atoms with Crippen LogP contribution in [0.1, 0.15) is 27.6 Å². The van der Waals surface area contributed by atoms with Gasteiger partial charge in [0.15, 0.2) is 0 Å². The number of nitrogens with two attached hydrogens (primary N) is 1. The van der Waals surface area contributed by atoms with Gasteiger partial charge in [0.2, 0.25) is 5.91 Å². The molecule has 2 rings (SSSR count). The molecule has 0 saturated carbocycles. The Morgan fingerprint density at radius 2 is 1.44 bits per heavy atom. The average Bonchev–Trinajstić information content (AvgIpc) is 2.61. The van der Waals surface area contributed by atoms with Crippen LogP contribution >= 0.6 is 0 Å². The number of para-hydroxylation sites is 2. The molecule has 0 radical (unpaired) electrons. The predicted molar refractivity (Wildman–Crippen MR) is 94.5 cm³/mol. The maximum absolute atomic E-state index is 12.6. The molecule has 7 nitrogen and oxygen atoms in total. The van der Waals surface area contributed by atoms with E-state index in [0.29, 0.717) is 11.4 Å². The molecule has 0 aliphatic carbocycles. The molecule has 0 aliphatic heterocycles. The number of ether oxygens (including phenoxy) is 1. The minimum absolute atomic E-state index is 0.232. The Hall–Kier alpha value is -3.19. The van der Waals surface area contributed by atoms with Gasteiger partial charge in [-0.25, -0.2) is 4.79 Å². The van der Waals surface area contributed by atoms with Crippen LogP contribution in [0.2, 0.25) is 0 Å². The molecule has 130 valence electrons. The Morgan fingerprint density at radius 1 is 0.920 bits per heavy atom. The number of carbonyl (C=O) groups excluding carboxylic acids is 3. The molecular weight excluding hydrogens is 322 g/mol. The molecule has 0 bridgehead atoms. The maximum Gasteiger partial charge on any atom is 0.339 e. The summed E-state index contributed by atoms with van der Waals surface area (Å²) in [5.41, 5.74) is 6.66. The SMILES string of the molecule is COC(=O)c1ccccc1NC(=O)c1ccccc1NC(=O)[C@H](C)N. The minimum Gasteiger partial charge on any atom is -0.465 e. The Labute approximate surface area is 145 Å². The molecular formula is C18H19N3O4. The topological polar surface area (TPSA) is 111 Å². The first-order valence-corrected chi connectivity index (χ1v) is 7.58. The van der Waals surface area contributed by atoms with Gasteiger partial charge in [-0.05, 0) is 31.2 Å². The summed E-state index contributed by atoms with van der Waals surface area (Å²) in [6.45, 7) is 1.55. The molecule has 0 spiro atoms. The van der Waals surface area contributed by atoms with E-state index in [1.165, 1.54) is 7.11 Å². The summed E-state index contributed by atoms with van der Waals surface area (Å²) in [6.07, 6.45) is 0. The number of amides is 2. The van der Waals surface area contributed by atoms with Gasteiger partial charge in [-0.3, -0.25) is 9.59 Å². The van der Waals surface area contributed by atoms with Crippen molar-refractivity contribution >= 4 is 29.2 Å². The Bertz CT molecular complexity index is 802. The molecule has 0 unspecified atom stereocenters. The molecule has 2 aromatic rings. The van der Waals surface area contributed by atoms with Crippen molar-refractivity contribution in [2.75, 3.05) is 17.7 Å². The number of nitrogens with one attached hydrogen (secondary N) is 2. The van der Waals surface area contributed by atoms with Crippen LogP contribution in [-0.2, 0) is 9.53 Å². The summed E-state index contributed by atoms with van der Waals surface area (Å²) in [5.74, 6) is -1.44. The summed E-state index contributed by atoms with van der Waals surface area (Å²) in [4.78, 5) is 36.2. The van der Waals surface area contributed by atoms with Crippen LogP contribution in [0, 0.1) is 0 Å². The van der Waals surface area contributed by atoms with Crippen LogP contribution < -0.4 is 16.4 Å². The number of carbonyl (C=O) groups is 3. The van der Waals surface area contributed by atoms with Crippen LogP contribution in [0.15, 0.2) is 48.5 Å². The summed E-state index contributed by atoms with van der Waals surface area (Å²) in [6, 6.07) is 12.3. The van der Waals surface area contributed by atoms with Gasteiger partial charge >= 0.3 is 5.97 Å². The van der Waals surface area contributed by atoms with Crippen LogP contribution in [0.25, 0.3) is 0 Å². The molecule has 4 N–H and O–H groups in total. The zero-order valence-corrected chi connectivity index (χ0v) is 13.9. The Balaban J connectivity index is 2.28. The van der Waals surface area contributed by atoms with Gasteiger partial charge in [-0.1, -0.05) is 24.3 Å². The number of hydrogen-bond acceptors (Lipinski definition) is 5. The third-order valence-electron chi connectivity index (χ3n) is 3.42. The van der Waals surface area contributed by atoms with Crippen molar-refractivity contribution in [3.05, 3.63) is 59.7 Å². The second kappa shape index (κ2) is 8.07. The molecule has 2 amide bonds. The van der Waals surface area contributed by atoms with Gasteiger partial charge in [-0.2, -0.15) is 0 Å². The highest BCUT2D eigenvalue weighted by atomic mass is 16.5. The summed E-state index contributed by atoms with van der Waals surface area (Å²) < 4.78 is 4.71. The first-order valence-electron chi connectivity index (χ1n) is 7.58. The maximum atomic E-state index is 12.6. The molecule has 0 aliphatic rings. The van der Waals surface area contributed by atoms with Gasteiger partial charge in [-0.15, -0.1) is 0 Å². The van der Waals surface area contributed by atoms with Crippen molar-refractivity contribution in [2.24, 2.45) is 5.73 Å². The predicted octanol–water partition coefficient (Wildman–Crippen LogP) is 2.01. The van der Waals surface area contributed by atoms with Crippen LogP contribution in [-0.4, -0.2) is 30.9 Å². The lowest BCUT2D eigenvalue weighted by Crippen LogP contribution is -2.33. The van der Waals surface area contributed by atoms with Crippen molar-refractivity contribution in [2.45, 2.75) is 13.0 Å². The fourth-order valence-electron chi connectivity index (χ4n) is 2.11. The van der Waals surface area contributed by atoms with Crippen molar-refractivity contribution in [1.29, 1.82) is 0 Å². The van der Waals surface area contributed by atoms with E-state index in [2.05, 4.69) is 10.6 Å². The van der Waals surface area contributed by atoms with E-state index in [-0.39, 0.29) is 11.1 Å². The first kappa shape index (κ1) is 18.2. The van der Waals surface area contributed by atoms with Crippen molar-refractivity contribution < 1.29 is 19.1 Å². The van der Waals surface area contributed by atoms with Gasteiger partial charge in [0.25, 0.3) is 5.91 Å². The van der Waals surface area contributed by atoms with Gasteiger partial charge in [0.05, 0.1) is 35.7 Å². The van der Waals surface area contributed by atoms with Crippen LogP contribution in [0.3, 0.4) is 0 Å². The Morgan fingerprint density at radius 3 is 2.00 bits per heavy atom.